The van der Waals surface area contributed by atoms with Gasteiger partial charge in [0.1, 0.15) is 18.5 Å². The van der Waals surface area contributed by atoms with Crippen LogP contribution in [0.2, 0.25) is 0 Å². The molecule has 6 nitrogen and oxygen atoms in total. The van der Waals surface area contributed by atoms with Gasteiger partial charge < -0.3 is 24.1 Å². The van der Waals surface area contributed by atoms with E-state index in [0.29, 0.717) is 12.0 Å². The summed E-state index contributed by atoms with van der Waals surface area (Å²) >= 11 is 0. The smallest absolute Gasteiger partial charge is 0.190 e. The molecule has 2 saturated carbocycles. The molecule has 1 aliphatic heterocycles. The molecule has 6 heteroatoms. The van der Waals surface area contributed by atoms with E-state index in [4.69, 9.17) is 18.9 Å². The number of ketones is 1. The summed E-state index contributed by atoms with van der Waals surface area (Å²) in [6, 6.07) is 0. The average molecular weight is 449 g/mol. The van der Waals surface area contributed by atoms with Gasteiger partial charge in [0.15, 0.2) is 11.4 Å². The molecule has 1 N–H and O–H groups in total. The third kappa shape index (κ3) is 2.99. The van der Waals surface area contributed by atoms with Crippen LogP contribution in [0.4, 0.5) is 0 Å². The van der Waals surface area contributed by atoms with Crippen LogP contribution in [-0.4, -0.2) is 59.9 Å². The summed E-state index contributed by atoms with van der Waals surface area (Å²) in [7, 11) is 1.57. The second-order valence-corrected chi connectivity index (χ2v) is 12.0. The summed E-state index contributed by atoms with van der Waals surface area (Å²) in [6.45, 7) is 18.5. The molecular formula is C26H40O6. The van der Waals surface area contributed by atoms with Gasteiger partial charge in [-0.25, -0.2) is 0 Å². The summed E-state index contributed by atoms with van der Waals surface area (Å²) < 4.78 is 24.5. The molecule has 2 bridgehead atoms. The molecule has 4 rings (SSSR count). The number of methoxy groups -OCH3 is 1. The van der Waals surface area contributed by atoms with Gasteiger partial charge in [0.05, 0.1) is 17.8 Å². The van der Waals surface area contributed by atoms with Crippen molar-refractivity contribution in [2.75, 3.05) is 13.9 Å². The Kier molecular flexibility index (Phi) is 5.44. The highest BCUT2D eigenvalue weighted by Crippen LogP contribution is 2.70. The molecule has 7 atom stereocenters. The molecule has 1 saturated heterocycles. The molecule has 4 aliphatic rings. The van der Waals surface area contributed by atoms with Gasteiger partial charge in [0.25, 0.3) is 0 Å². The number of carbonyl (C=O) groups excluding carboxylic acids is 1. The van der Waals surface area contributed by atoms with Crippen LogP contribution in [0, 0.1) is 16.7 Å². The highest BCUT2D eigenvalue weighted by Gasteiger charge is 2.82. The van der Waals surface area contributed by atoms with E-state index in [9.17, 15) is 9.90 Å². The van der Waals surface area contributed by atoms with Gasteiger partial charge in [0, 0.05) is 23.9 Å². The monoisotopic (exact) mass is 448 g/mol. The van der Waals surface area contributed by atoms with Crippen molar-refractivity contribution in [3.63, 3.8) is 0 Å². The lowest BCUT2D eigenvalue weighted by Gasteiger charge is -2.59. The molecule has 180 valence electrons. The van der Waals surface area contributed by atoms with E-state index in [1.54, 1.807) is 13.2 Å². The third-order valence-electron chi connectivity index (χ3n) is 8.74. The van der Waals surface area contributed by atoms with Gasteiger partial charge >= 0.3 is 0 Å². The molecule has 0 aromatic heterocycles. The summed E-state index contributed by atoms with van der Waals surface area (Å²) in [4.78, 5) is 13.5. The number of fused-ring (bicyclic) bond motifs is 3. The van der Waals surface area contributed by atoms with Gasteiger partial charge in [-0.15, -0.1) is 0 Å². The van der Waals surface area contributed by atoms with Gasteiger partial charge in [-0.1, -0.05) is 32.9 Å². The van der Waals surface area contributed by atoms with Crippen molar-refractivity contribution in [1.82, 2.24) is 0 Å². The number of ether oxygens (including phenoxy) is 4. The maximum Gasteiger partial charge on any atom is 0.190 e. The molecule has 1 spiro atoms. The van der Waals surface area contributed by atoms with E-state index in [2.05, 4.69) is 34.3 Å². The molecular weight excluding hydrogens is 408 g/mol. The van der Waals surface area contributed by atoms with Crippen LogP contribution >= 0.6 is 0 Å². The third-order valence-corrected chi connectivity index (χ3v) is 8.74. The second-order valence-electron chi connectivity index (χ2n) is 12.0. The molecule has 0 radical (unpaired) electrons. The fourth-order valence-corrected chi connectivity index (χ4v) is 7.11. The SMILES string of the molecule is C=C1CC[C@H](OC(C)(C)C)[C@@]2(C)C[C@@H](OCOC)[C@@]3(O)C(C)=CC(=O)[C@]4(O[C@@H]4[C@@H]12)C3(C)C. The van der Waals surface area contributed by atoms with E-state index in [0.717, 1.165) is 18.4 Å². The first-order chi connectivity index (χ1) is 14.7. The van der Waals surface area contributed by atoms with E-state index in [-0.39, 0.29) is 36.3 Å². The summed E-state index contributed by atoms with van der Waals surface area (Å²) in [5, 5.41) is 12.3. The van der Waals surface area contributed by atoms with Crippen LogP contribution in [0.15, 0.2) is 23.8 Å². The molecule has 0 unspecified atom stereocenters. The Morgan fingerprint density at radius 1 is 1.25 bits per heavy atom. The Bertz CT molecular complexity index is 853. The van der Waals surface area contributed by atoms with Crippen LogP contribution < -0.4 is 0 Å². The number of hydrogen-bond acceptors (Lipinski definition) is 6. The largest absolute Gasteiger partial charge is 0.382 e. The van der Waals surface area contributed by atoms with Gasteiger partial charge in [-0.05, 0) is 58.6 Å². The first-order valence-corrected chi connectivity index (χ1v) is 11.8. The number of hydrogen-bond donors (Lipinski definition) is 1. The summed E-state index contributed by atoms with van der Waals surface area (Å²) in [6.07, 6.45) is 2.74. The first kappa shape index (κ1) is 24.1. The van der Waals surface area contributed by atoms with Crippen molar-refractivity contribution in [3.05, 3.63) is 23.8 Å². The average Bonchev–Trinajstić information content (AvgIpc) is 3.41. The minimum Gasteiger partial charge on any atom is -0.382 e. The molecule has 1 heterocycles. The Balaban J connectivity index is 1.91. The predicted octanol–water partition coefficient (Wildman–Crippen LogP) is 3.96. The lowest BCUT2D eigenvalue weighted by molar-refractivity contribution is -0.225. The molecule has 0 aromatic rings. The zero-order valence-corrected chi connectivity index (χ0v) is 20.9. The molecule has 0 aromatic carbocycles. The zero-order chi connectivity index (χ0) is 23.9. The maximum atomic E-state index is 13.5. The second kappa shape index (κ2) is 7.22. The predicted molar refractivity (Wildman–Crippen MR) is 121 cm³/mol. The van der Waals surface area contributed by atoms with Gasteiger partial charge in [0.2, 0.25) is 0 Å². The Morgan fingerprint density at radius 2 is 1.91 bits per heavy atom. The van der Waals surface area contributed by atoms with Crippen molar-refractivity contribution in [2.45, 2.75) is 103 Å². The molecule has 32 heavy (non-hydrogen) atoms. The number of epoxide rings is 1. The lowest BCUT2D eigenvalue weighted by Crippen LogP contribution is -2.70. The van der Waals surface area contributed by atoms with Crippen LogP contribution in [0.1, 0.15) is 67.7 Å². The van der Waals surface area contributed by atoms with Crippen LogP contribution in [0.3, 0.4) is 0 Å². The van der Waals surface area contributed by atoms with Crippen molar-refractivity contribution in [1.29, 1.82) is 0 Å². The zero-order valence-electron chi connectivity index (χ0n) is 20.9. The molecule has 3 fully saturated rings. The first-order valence-electron chi connectivity index (χ1n) is 11.8. The fourth-order valence-electron chi connectivity index (χ4n) is 7.11. The Labute approximate surface area is 192 Å². The Morgan fingerprint density at radius 3 is 2.50 bits per heavy atom. The van der Waals surface area contributed by atoms with Crippen molar-refractivity contribution in [3.8, 4) is 0 Å². The quantitative estimate of drug-likeness (QED) is 0.399. The van der Waals surface area contributed by atoms with Crippen LogP contribution in [-0.2, 0) is 23.7 Å². The maximum absolute atomic E-state index is 13.5. The van der Waals surface area contributed by atoms with Crippen molar-refractivity contribution in [2.24, 2.45) is 16.7 Å². The standard InChI is InChI=1S/C26H40O6/c1-15-10-11-18(31-22(3,4)5)24(8)13-19(30-14-29-9)25(28)16(2)12-17(27)26(23(25,6)7)21(32-26)20(15)24/h12,18-21,28H,1,10-11,13-14H2,2-9H3/t18-,19+,20+,21+,24+,25-,26+/m0/s1. The highest BCUT2D eigenvalue weighted by molar-refractivity contribution is 6.03. The Hall–Kier alpha value is -1.05. The molecule has 0 amide bonds. The molecule has 3 aliphatic carbocycles. The van der Waals surface area contributed by atoms with E-state index < -0.39 is 28.1 Å². The topological polar surface area (TPSA) is 77.5 Å². The number of carbonyl (C=O) groups is 1. The normalized spacial score (nSPS) is 45.3. The minimum absolute atomic E-state index is 0.0497. The fraction of sp³-hybridized carbons (Fsp3) is 0.808. The van der Waals surface area contributed by atoms with E-state index >= 15 is 0 Å². The van der Waals surface area contributed by atoms with Crippen molar-refractivity contribution < 1.29 is 28.8 Å². The van der Waals surface area contributed by atoms with E-state index in [1.807, 2.05) is 20.8 Å². The number of rotatable bonds is 4. The summed E-state index contributed by atoms with van der Waals surface area (Å²) in [5.41, 5.74) is -2.45. The summed E-state index contributed by atoms with van der Waals surface area (Å²) in [5.74, 6) is -0.145. The van der Waals surface area contributed by atoms with E-state index in [1.165, 1.54) is 0 Å². The number of aliphatic hydroxyl groups is 1. The van der Waals surface area contributed by atoms with Gasteiger partial charge in [-0.2, -0.15) is 0 Å². The van der Waals surface area contributed by atoms with Gasteiger partial charge in [-0.3, -0.25) is 4.79 Å². The minimum atomic E-state index is -1.40. The van der Waals surface area contributed by atoms with Crippen molar-refractivity contribution >= 4 is 5.78 Å². The lowest BCUT2D eigenvalue weighted by atomic mass is 9.48. The van der Waals surface area contributed by atoms with Crippen LogP contribution in [0.5, 0.6) is 0 Å². The highest BCUT2D eigenvalue weighted by atomic mass is 16.7. The van der Waals surface area contributed by atoms with Crippen LogP contribution in [0.25, 0.3) is 0 Å².